The molecular weight excluding hydrogens is 425 g/mol. The number of nitrogens with zero attached hydrogens (tertiary/aromatic N) is 2. The third-order valence-corrected chi connectivity index (χ3v) is 8.14. The highest BCUT2D eigenvalue weighted by Crippen LogP contribution is 2.31. The Balaban J connectivity index is 1.60. The Kier molecular flexibility index (Phi) is 6.54. The average Bonchev–Trinajstić information content (AvgIpc) is 2.69. The molecule has 3 rings (SSSR count). The van der Waals surface area contributed by atoms with E-state index in [0.717, 1.165) is 0 Å². The van der Waals surface area contributed by atoms with Crippen LogP contribution in [0.25, 0.3) is 0 Å². The number of rotatable bonds is 4. The van der Waals surface area contributed by atoms with Crippen molar-refractivity contribution < 1.29 is 18.0 Å². The Morgan fingerprint density at radius 2 is 1.54 bits per heavy atom. The first-order valence-electron chi connectivity index (χ1n) is 9.23. The van der Waals surface area contributed by atoms with Crippen LogP contribution in [0.5, 0.6) is 0 Å². The minimum absolute atomic E-state index is 0.0139. The maximum absolute atomic E-state index is 12.9. The molecular formula is C18H23Cl2N3O4S. The van der Waals surface area contributed by atoms with Crippen LogP contribution in [0.15, 0.2) is 23.1 Å². The van der Waals surface area contributed by atoms with Crippen molar-refractivity contribution in [1.29, 1.82) is 0 Å². The second-order valence-corrected chi connectivity index (χ2v) is 10.0. The number of nitrogens with two attached hydrogens (primary N) is 1. The monoisotopic (exact) mass is 447 g/mol. The first-order valence-corrected chi connectivity index (χ1v) is 11.4. The van der Waals surface area contributed by atoms with Crippen LogP contribution in [0.1, 0.15) is 25.7 Å². The minimum Gasteiger partial charge on any atom is -0.369 e. The van der Waals surface area contributed by atoms with E-state index in [-0.39, 0.29) is 46.7 Å². The molecule has 1 aromatic rings. The normalized spacial score (nSPS) is 20.3. The van der Waals surface area contributed by atoms with Crippen molar-refractivity contribution in [3.05, 3.63) is 28.2 Å². The molecule has 2 amide bonds. The van der Waals surface area contributed by atoms with E-state index in [4.69, 9.17) is 28.9 Å². The van der Waals surface area contributed by atoms with Crippen molar-refractivity contribution in [3.63, 3.8) is 0 Å². The summed E-state index contributed by atoms with van der Waals surface area (Å²) < 4.78 is 27.1. The second-order valence-electron chi connectivity index (χ2n) is 7.26. The van der Waals surface area contributed by atoms with Crippen LogP contribution in [-0.2, 0) is 19.6 Å². The van der Waals surface area contributed by atoms with Gasteiger partial charge in [-0.3, -0.25) is 9.59 Å². The molecule has 0 spiro atoms. The number of sulfonamides is 1. The summed E-state index contributed by atoms with van der Waals surface area (Å²) in [5.74, 6) is -0.670. The van der Waals surface area contributed by atoms with Crippen LogP contribution in [0.4, 0.5) is 0 Å². The number of carbonyl (C=O) groups is 2. The van der Waals surface area contributed by atoms with E-state index < -0.39 is 10.0 Å². The highest BCUT2D eigenvalue weighted by molar-refractivity contribution is 7.89. The molecule has 0 aliphatic carbocycles. The quantitative estimate of drug-likeness (QED) is 0.763. The smallest absolute Gasteiger partial charge is 0.244 e. The Morgan fingerprint density at radius 1 is 0.964 bits per heavy atom. The Labute approximate surface area is 174 Å². The number of piperidine rings is 2. The van der Waals surface area contributed by atoms with Crippen LogP contribution in [0.3, 0.4) is 0 Å². The predicted molar refractivity (Wildman–Crippen MR) is 106 cm³/mol. The van der Waals surface area contributed by atoms with Crippen LogP contribution in [0.2, 0.25) is 10.0 Å². The number of benzene rings is 1. The van der Waals surface area contributed by atoms with Crippen LogP contribution >= 0.6 is 23.2 Å². The molecule has 2 N–H and O–H groups in total. The van der Waals surface area contributed by atoms with E-state index in [1.165, 1.54) is 22.5 Å². The van der Waals surface area contributed by atoms with Gasteiger partial charge in [0.25, 0.3) is 0 Å². The molecule has 2 heterocycles. The van der Waals surface area contributed by atoms with E-state index in [2.05, 4.69) is 0 Å². The molecule has 1 aromatic carbocycles. The molecule has 2 aliphatic heterocycles. The number of halogens is 2. The third kappa shape index (κ3) is 4.45. The Bertz CT molecular complexity index is 862. The van der Waals surface area contributed by atoms with Gasteiger partial charge in [0.2, 0.25) is 21.8 Å². The van der Waals surface area contributed by atoms with Gasteiger partial charge in [0.05, 0.1) is 5.02 Å². The lowest BCUT2D eigenvalue weighted by molar-refractivity contribution is -0.139. The highest BCUT2D eigenvalue weighted by Gasteiger charge is 2.36. The van der Waals surface area contributed by atoms with Gasteiger partial charge in [-0.2, -0.15) is 4.31 Å². The third-order valence-electron chi connectivity index (χ3n) is 5.52. The van der Waals surface area contributed by atoms with Gasteiger partial charge in [0.15, 0.2) is 0 Å². The van der Waals surface area contributed by atoms with Crippen LogP contribution in [-0.4, -0.2) is 55.6 Å². The number of carbonyl (C=O) groups excluding carboxylic acids is 2. The number of primary amides is 1. The van der Waals surface area contributed by atoms with Gasteiger partial charge in [-0.25, -0.2) is 8.42 Å². The van der Waals surface area contributed by atoms with E-state index >= 15 is 0 Å². The van der Waals surface area contributed by atoms with Crippen molar-refractivity contribution in [2.75, 3.05) is 26.2 Å². The van der Waals surface area contributed by atoms with Gasteiger partial charge in [0.1, 0.15) is 4.90 Å². The first-order chi connectivity index (χ1) is 13.2. The van der Waals surface area contributed by atoms with Gasteiger partial charge >= 0.3 is 0 Å². The number of amides is 2. The maximum atomic E-state index is 12.9. The van der Waals surface area contributed by atoms with Crippen LogP contribution in [0, 0.1) is 11.8 Å². The molecule has 10 heteroatoms. The number of hydrogen-bond donors (Lipinski definition) is 1. The van der Waals surface area contributed by atoms with Gasteiger partial charge < -0.3 is 10.6 Å². The minimum atomic E-state index is -3.77. The summed E-state index contributed by atoms with van der Waals surface area (Å²) in [5.41, 5.74) is 5.33. The summed E-state index contributed by atoms with van der Waals surface area (Å²) in [6.07, 6.45) is 2.07. The van der Waals surface area contributed by atoms with Crippen molar-refractivity contribution in [3.8, 4) is 0 Å². The molecule has 0 atom stereocenters. The molecule has 0 unspecified atom stereocenters. The average molecular weight is 448 g/mol. The van der Waals surface area contributed by atoms with Crippen molar-refractivity contribution in [2.24, 2.45) is 17.6 Å². The number of hydrogen-bond acceptors (Lipinski definition) is 4. The van der Waals surface area contributed by atoms with Crippen LogP contribution < -0.4 is 5.73 Å². The molecule has 154 valence electrons. The van der Waals surface area contributed by atoms with Gasteiger partial charge in [0, 0.05) is 43.0 Å². The summed E-state index contributed by atoms with van der Waals surface area (Å²) in [5, 5.41) is 0.423. The molecule has 2 aliphatic rings. The van der Waals surface area contributed by atoms with E-state index in [1.807, 2.05) is 0 Å². The Hall–Kier alpha value is -1.35. The summed E-state index contributed by atoms with van der Waals surface area (Å²) in [6.45, 7) is 1.53. The summed E-state index contributed by atoms with van der Waals surface area (Å²) in [4.78, 5) is 25.8. The fourth-order valence-electron chi connectivity index (χ4n) is 3.80. The maximum Gasteiger partial charge on any atom is 0.244 e. The lowest BCUT2D eigenvalue weighted by Crippen LogP contribution is -2.47. The second kappa shape index (κ2) is 8.57. The predicted octanol–water partition coefficient (Wildman–Crippen LogP) is 2.12. The fraction of sp³-hybridized carbons (Fsp3) is 0.556. The summed E-state index contributed by atoms with van der Waals surface area (Å²) in [6, 6.07) is 4.34. The lowest BCUT2D eigenvalue weighted by Gasteiger charge is -2.36. The summed E-state index contributed by atoms with van der Waals surface area (Å²) in [7, 11) is -3.77. The molecule has 0 bridgehead atoms. The standard InChI is InChI=1S/C18H23Cl2N3O4S/c19-14-1-2-15(20)16(11-14)28(26,27)23-9-5-13(6-10-23)18(25)22-7-3-12(4-8-22)17(21)24/h1-2,11-13H,3-10H2,(H2,21,24). The van der Waals surface area contributed by atoms with E-state index in [0.29, 0.717) is 43.8 Å². The number of likely N-dealkylation sites (tertiary alicyclic amines) is 1. The highest BCUT2D eigenvalue weighted by atomic mass is 35.5. The fourth-order valence-corrected chi connectivity index (χ4v) is 6.01. The Morgan fingerprint density at radius 3 is 2.11 bits per heavy atom. The molecule has 28 heavy (non-hydrogen) atoms. The first kappa shape index (κ1) is 21.4. The molecule has 2 saturated heterocycles. The van der Waals surface area contributed by atoms with Crippen molar-refractivity contribution in [2.45, 2.75) is 30.6 Å². The van der Waals surface area contributed by atoms with Crippen molar-refractivity contribution in [1.82, 2.24) is 9.21 Å². The largest absolute Gasteiger partial charge is 0.369 e. The zero-order chi connectivity index (χ0) is 20.5. The summed E-state index contributed by atoms with van der Waals surface area (Å²) >= 11 is 12.0. The van der Waals surface area contributed by atoms with Crippen molar-refractivity contribution >= 4 is 45.0 Å². The SMILES string of the molecule is NC(=O)C1CCN(C(=O)C2CCN(S(=O)(=O)c3cc(Cl)ccc3Cl)CC2)CC1. The molecule has 0 saturated carbocycles. The van der Waals surface area contributed by atoms with Gasteiger partial charge in [-0.1, -0.05) is 23.2 Å². The topological polar surface area (TPSA) is 101 Å². The van der Waals surface area contributed by atoms with Gasteiger partial charge in [-0.05, 0) is 43.9 Å². The lowest BCUT2D eigenvalue weighted by atomic mass is 9.92. The van der Waals surface area contributed by atoms with Gasteiger partial charge in [-0.15, -0.1) is 0 Å². The molecule has 0 radical (unpaired) electrons. The zero-order valence-electron chi connectivity index (χ0n) is 15.3. The molecule has 0 aromatic heterocycles. The van der Waals surface area contributed by atoms with E-state index in [1.54, 1.807) is 4.90 Å². The van der Waals surface area contributed by atoms with E-state index in [9.17, 15) is 18.0 Å². The molecule has 7 nitrogen and oxygen atoms in total. The zero-order valence-corrected chi connectivity index (χ0v) is 17.6. The molecule has 2 fully saturated rings.